The average Bonchev–Trinajstić information content (AvgIpc) is 3.49. The van der Waals surface area contributed by atoms with E-state index in [4.69, 9.17) is 18.9 Å². The van der Waals surface area contributed by atoms with Crippen molar-refractivity contribution in [2.45, 2.75) is 68.1 Å². The quantitative estimate of drug-likeness (QED) is 0.148. The standard InChI is InChI=1S/C46H44O6/c1-30(2)43-27-32(4)44-38(41(43)50-46(51-43,52-44)37-23-15-8-16-24-37)26-33(28-42(48)39(44)25-31(3)40(42)47)29-49-45(34-17-9-5-10-18-34,35-19-11-6-12-20-35)36-21-13-7-14-22-36/h5-26,32,38-39,41,48H,1,27-29H2,2-4H3/t32-,38+,39-,41-,42-,43-,44-,46?/m1/s1. The second-order valence-electron chi connectivity index (χ2n) is 15.5. The van der Waals surface area contributed by atoms with Gasteiger partial charge in [-0.15, -0.1) is 0 Å². The van der Waals surface area contributed by atoms with Crippen LogP contribution in [0.15, 0.2) is 157 Å². The van der Waals surface area contributed by atoms with E-state index < -0.39 is 40.4 Å². The predicted octanol–water partition coefficient (Wildman–Crippen LogP) is 8.17. The van der Waals surface area contributed by atoms with Gasteiger partial charge in [0.05, 0.1) is 12.2 Å². The zero-order valence-corrected chi connectivity index (χ0v) is 29.8. The minimum atomic E-state index is -1.75. The van der Waals surface area contributed by atoms with Crippen molar-refractivity contribution in [3.05, 3.63) is 179 Å². The van der Waals surface area contributed by atoms with Crippen LogP contribution in [0.1, 0.15) is 55.9 Å². The summed E-state index contributed by atoms with van der Waals surface area (Å²) in [6.07, 6.45) is 4.31. The lowest BCUT2D eigenvalue weighted by Crippen LogP contribution is -2.70. The molecule has 1 N–H and O–H groups in total. The van der Waals surface area contributed by atoms with E-state index in [-0.39, 0.29) is 30.6 Å². The number of fused-ring (bicyclic) bond motifs is 2. The Morgan fingerprint density at radius 1 is 0.846 bits per heavy atom. The molecule has 0 spiro atoms. The summed E-state index contributed by atoms with van der Waals surface area (Å²) in [4.78, 5) is 14.3. The summed E-state index contributed by atoms with van der Waals surface area (Å²) in [6, 6.07) is 40.4. The molecule has 1 unspecified atom stereocenters. The Kier molecular flexibility index (Phi) is 7.57. The van der Waals surface area contributed by atoms with Gasteiger partial charge in [0.15, 0.2) is 5.78 Å². The van der Waals surface area contributed by atoms with Gasteiger partial charge in [-0.3, -0.25) is 4.79 Å². The molecule has 3 aliphatic carbocycles. The predicted molar refractivity (Wildman–Crippen MR) is 198 cm³/mol. The maximum absolute atomic E-state index is 14.3. The van der Waals surface area contributed by atoms with Crippen LogP contribution < -0.4 is 0 Å². The number of hydrogen-bond donors (Lipinski definition) is 1. The Balaban J connectivity index is 1.22. The fourth-order valence-corrected chi connectivity index (χ4v) is 10.2. The van der Waals surface area contributed by atoms with Gasteiger partial charge in [-0.2, -0.15) is 0 Å². The first-order valence-corrected chi connectivity index (χ1v) is 18.3. The van der Waals surface area contributed by atoms with Crippen LogP contribution in [0.25, 0.3) is 0 Å². The van der Waals surface area contributed by atoms with E-state index in [9.17, 15) is 9.90 Å². The van der Waals surface area contributed by atoms with Crippen LogP contribution in [0.2, 0.25) is 0 Å². The van der Waals surface area contributed by atoms with Gasteiger partial charge in [-0.25, -0.2) is 0 Å². The summed E-state index contributed by atoms with van der Waals surface area (Å²) >= 11 is 0. The lowest BCUT2D eigenvalue weighted by Gasteiger charge is -2.59. The van der Waals surface area contributed by atoms with Crippen molar-refractivity contribution in [2.24, 2.45) is 17.8 Å². The molecule has 3 fully saturated rings. The molecule has 2 saturated heterocycles. The summed E-state index contributed by atoms with van der Waals surface area (Å²) in [7, 11) is 0. The van der Waals surface area contributed by atoms with Crippen molar-refractivity contribution < 1.29 is 28.8 Å². The van der Waals surface area contributed by atoms with Crippen LogP contribution in [0.3, 0.4) is 0 Å². The molecule has 3 bridgehead atoms. The van der Waals surface area contributed by atoms with Crippen molar-refractivity contribution in [2.75, 3.05) is 6.61 Å². The van der Waals surface area contributed by atoms with Gasteiger partial charge in [-0.05, 0) is 59.6 Å². The number of hydrogen-bond acceptors (Lipinski definition) is 6. The normalized spacial score (nSPS) is 34.6. The van der Waals surface area contributed by atoms with Crippen molar-refractivity contribution in [3.63, 3.8) is 0 Å². The van der Waals surface area contributed by atoms with Crippen LogP contribution in [-0.2, 0) is 35.3 Å². The molecule has 8 atom stereocenters. The summed E-state index contributed by atoms with van der Waals surface area (Å²) in [5.41, 5.74) is 1.22. The number of rotatable bonds is 8. The highest BCUT2D eigenvalue weighted by Gasteiger charge is 2.79. The SMILES string of the molecule is C=C(C)[C@]12C[C@@H](C)[C@@]34OC(c5ccccc5)(O[C@@H]1[C@@H]3C=C(COC(c1ccccc1)(c1ccccc1)c1ccccc1)C[C@]1(O)C(=O)C(C)=C[C@@H]41)O2. The molecule has 0 radical (unpaired) electrons. The fraction of sp³-hybridized carbons (Fsp3) is 0.326. The summed E-state index contributed by atoms with van der Waals surface area (Å²) in [5, 5.41) is 12.9. The molecule has 52 heavy (non-hydrogen) atoms. The van der Waals surface area contributed by atoms with Gasteiger partial charge in [0.1, 0.15) is 22.9 Å². The zero-order chi connectivity index (χ0) is 35.9. The average molecular weight is 693 g/mol. The molecule has 5 aliphatic rings. The Bertz CT molecular complexity index is 2000. The van der Waals surface area contributed by atoms with E-state index in [1.807, 2.05) is 97.9 Å². The molecule has 0 amide bonds. The van der Waals surface area contributed by atoms with E-state index in [2.05, 4.69) is 56.0 Å². The number of aliphatic hydroxyl groups is 1. The Morgan fingerprint density at radius 3 is 1.92 bits per heavy atom. The number of ether oxygens (including phenoxy) is 4. The van der Waals surface area contributed by atoms with Crippen LogP contribution >= 0.6 is 0 Å². The second kappa shape index (κ2) is 11.8. The van der Waals surface area contributed by atoms with Crippen molar-refractivity contribution in [3.8, 4) is 0 Å². The maximum Gasteiger partial charge on any atom is 0.313 e. The van der Waals surface area contributed by atoms with E-state index in [0.29, 0.717) is 12.0 Å². The third-order valence-corrected chi connectivity index (χ3v) is 12.5. The summed E-state index contributed by atoms with van der Waals surface area (Å²) in [5.74, 6) is -2.99. The fourth-order valence-electron chi connectivity index (χ4n) is 10.2. The number of carbonyl (C=O) groups is 1. The topological polar surface area (TPSA) is 74.2 Å². The molecule has 0 aromatic heterocycles. The molecule has 6 heteroatoms. The molecular weight excluding hydrogens is 649 g/mol. The monoisotopic (exact) mass is 692 g/mol. The highest BCUT2D eigenvalue weighted by atomic mass is 16.9. The van der Waals surface area contributed by atoms with Crippen molar-refractivity contribution >= 4 is 5.78 Å². The van der Waals surface area contributed by atoms with Gasteiger partial charge in [-0.1, -0.05) is 147 Å². The molecule has 4 aromatic carbocycles. The highest BCUT2D eigenvalue weighted by molar-refractivity contribution is 6.04. The van der Waals surface area contributed by atoms with Crippen LogP contribution in [0, 0.1) is 17.8 Å². The van der Waals surface area contributed by atoms with Gasteiger partial charge in [0, 0.05) is 23.8 Å². The molecule has 4 aromatic rings. The molecule has 2 aliphatic heterocycles. The second-order valence-corrected chi connectivity index (χ2v) is 15.5. The Labute approximate surface area is 305 Å². The largest absolute Gasteiger partial charge is 0.381 e. The van der Waals surface area contributed by atoms with Gasteiger partial charge in [0.25, 0.3) is 0 Å². The number of ketones is 1. The summed E-state index contributed by atoms with van der Waals surface area (Å²) < 4.78 is 28.7. The first-order chi connectivity index (χ1) is 25.1. The van der Waals surface area contributed by atoms with Crippen LogP contribution in [0.5, 0.6) is 0 Å². The smallest absolute Gasteiger partial charge is 0.313 e. The maximum atomic E-state index is 14.3. The lowest BCUT2D eigenvalue weighted by atomic mass is 9.55. The first kappa shape index (κ1) is 33.4. The first-order valence-electron chi connectivity index (χ1n) is 18.3. The van der Waals surface area contributed by atoms with E-state index in [0.717, 1.165) is 33.4 Å². The van der Waals surface area contributed by atoms with Crippen LogP contribution in [0.4, 0.5) is 0 Å². The number of carbonyl (C=O) groups excluding carboxylic acids is 1. The van der Waals surface area contributed by atoms with Gasteiger partial charge in [0.2, 0.25) is 0 Å². The number of Topliss-reactive ketones (excluding diaryl/α,β-unsaturated/α-hetero) is 1. The lowest BCUT2D eigenvalue weighted by molar-refractivity contribution is -0.433. The molecular formula is C46H44O6. The molecule has 6 nitrogen and oxygen atoms in total. The highest BCUT2D eigenvalue weighted by Crippen LogP contribution is 2.70. The summed E-state index contributed by atoms with van der Waals surface area (Å²) in [6.45, 7) is 10.5. The minimum Gasteiger partial charge on any atom is -0.381 e. The molecule has 264 valence electrons. The third-order valence-electron chi connectivity index (χ3n) is 12.5. The van der Waals surface area contributed by atoms with E-state index in [1.165, 1.54) is 0 Å². The molecule has 1 saturated carbocycles. The van der Waals surface area contributed by atoms with E-state index in [1.54, 1.807) is 6.92 Å². The zero-order valence-electron chi connectivity index (χ0n) is 29.8. The number of benzene rings is 4. The Morgan fingerprint density at radius 2 is 1.38 bits per heavy atom. The van der Waals surface area contributed by atoms with Gasteiger partial charge >= 0.3 is 5.97 Å². The molecule has 2 heterocycles. The van der Waals surface area contributed by atoms with E-state index >= 15 is 0 Å². The Hall–Kier alpha value is -4.43. The van der Waals surface area contributed by atoms with Crippen molar-refractivity contribution in [1.29, 1.82) is 0 Å². The van der Waals surface area contributed by atoms with Crippen molar-refractivity contribution in [1.82, 2.24) is 0 Å². The van der Waals surface area contributed by atoms with Gasteiger partial charge < -0.3 is 24.1 Å². The third kappa shape index (κ3) is 4.45. The minimum absolute atomic E-state index is 0.0963. The van der Waals surface area contributed by atoms with Crippen LogP contribution in [-0.4, -0.2) is 40.4 Å². The molecule has 9 rings (SSSR count).